The highest BCUT2D eigenvalue weighted by atomic mass is 35.5. The summed E-state index contributed by atoms with van der Waals surface area (Å²) in [6, 6.07) is 1.84. The molecule has 2 N–H and O–H groups in total. The van der Waals surface area contributed by atoms with Gasteiger partial charge in [0, 0.05) is 13.0 Å². The maximum atomic E-state index is 12.5. The van der Waals surface area contributed by atoms with E-state index in [9.17, 15) is 27.9 Å². The fourth-order valence-corrected chi connectivity index (χ4v) is 4.08. The van der Waals surface area contributed by atoms with Gasteiger partial charge in [-0.15, -0.1) is 0 Å². The number of rotatable bonds is 7. The van der Waals surface area contributed by atoms with Crippen LogP contribution in [0.1, 0.15) is 19.8 Å². The number of aliphatic hydroxyl groups is 1. The first-order valence-corrected chi connectivity index (χ1v) is 10.4. The average molecular weight is 453 g/mol. The third-order valence-corrected chi connectivity index (χ3v) is 6.11. The van der Waals surface area contributed by atoms with Crippen LogP contribution in [0.5, 0.6) is 0 Å². The number of nitrogens with one attached hydrogen (secondary N) is 1. The highest BCUT2D eigenvalue weighted by Gasteiger charge is 2.33. The van der Waals surface area contributed by atoms with Crippen LogP contribution >= 0.6 is 23.2 Å². The van der Waals surface area contributed by atoms with Crippen molar-refractivity contribution in [2.75, 3.05) is 13.2 Å². The highest BCUT2D eigenvalue weighted by Crippen LogP contribution is 2.25. The Bertz CT molecular complexity index is 889. The Hall–Kier alpha value is -1.72. The Kier molecular flexibility index (Phi) is 7.40. The number of likely N-dealkylation sites (tertiary alicyclic amines) is 1. The van der Waals surface area contributed by atoms with E-state index in [2.05, 4.69) is 0 Å². The number of imide groups is 1. The van der Waals surface area contributed by atoms with Crippen LogP contribution in [-0.2, 0) is 29.1 Å². The topological polar surface area (TPSA) is 130 Å². The molecule has 154 valence electrons. The SMILES string of the molecule is CC(O)C(NS(=O)(=O)c1ccc(Cl)c(Cl)c1)C(=O)OCC(=O)N1CCCC1=O. The Morgan fingerprint density at radius 3 is 2.54 bits per heavy atom. The van der Waals surface area contributed by atoms with Gasteiger partial charge in [0.25, 0.3) is 5.91 Å². The lowest BCUT2D eigenvalue weighted by Gasteiger charge is -2.21. The molecule has 9 nitrogen and oxygen atoms in total. The van der Waals surface area contributed by atoms with Crippen LogP contribution in [0.25, 0.3) is 0 Å². The zero-order valence-electron chi connectivity index (χ0n) is 14.7. The second-order valence-electron chi connectivity index (χ2n) is 6.07. The van der Waals surface area contributed by atoms with Gasteiger partial charge in [-0.1, -0.05) is 23.2 Å². The fraction of sp³-hybridized carbons (Fsp3) is 0.438. The van der Waals surface area contributed by atoms with Crippen molar-refractivity contribution in [1.82, 2.24) is 9.62 Å². The molecule has 1 aliphatic rings. The number of amides is 2. The number of hydrogen-bond donors (Lipinski definition) is 2. The average Bonchev–Trinajstić information content (AvgIpc) is 3.05. The molecule has 1 fully saturated rings. The van der Waals surface area contributed by atoms with E-state index in [0.717, 1.165) is 11.0 Å². The summed E-state index contributed by atoms with van der Waals surface area (Å²) in [4.78, 5) is 36.3. The van der Waals surface area contributed by atoms with Crippen LogP contribution in [-0.4, -0.2) is 61.5 Å². The number of aliphatic hydroxyl groups excluding tert-OH is 1. The van der Waals surface area contributed by atoms with Crippen molar-refractivity contribution in [2.45, 2.75) is 36.8 Å². The lowest BCUT2D eigenvalue weighted by atomic mass is 10.2. The van der Waals surface area contributed by atoms with Crippen molar-refractivity contribution in [1.29, 1.82) is 0 Å². The van der Waals surface area contributed by atoms with Gasteiger partial charge in [-0.25, -0.2) is 8.42 Å². The fourth-order valence-electron chi connectivity index (χ4n) is 2.44. The van der Waals surface area contributed by atoms with E-state index in [4.69, 9.17) is 27.9 Å². The zero-order valence-corrected chi connectivity index (χ0v) is 17.1. The van der Waals surface area contributed by atoms with Gasteiger partial charge in [0.1, 0.15) is 6.04 Å². The van der Waals surface area contributed by atoms with E-state index < -0.39 is 40.7 Å². The molecule has 0 spiro atoms. The largest absolute Gasteiger partial charge is 0.454 e. The zero-order chi connectivity index (χ0) is 21.1. The van der Waals surface area contributed by atoms with E-state index in [0.29, 0.717) is 6.42 Å². The molecule has 1 aliphatic heterocycles. The van der Waals surface area contributed by atoms with Gasteiger partial charge in [0.05, 0.1) is 21.0 Å². The van der Waals surface area contributed by atoms with E-state index in [1.165, 1.54) is 19.1 Å². The first kappa shape index (κ1) is 22.6. The second-order valence-corrected chi connectivity index (χ2v) is 8.59. The molecule has 12 heteroatoms. The molecule has 2 amide bonds. The van der Waals surface area contributed by atoms with Crippen LogP contribution in [0.2, 0.25) is 10.0 Å². The minimum Gasteiger partial charge on any atom is -0.454 e. The molecule has 0 bridgehead atoms. The molecule has 0 saturated carbocycles. The molecule has 0 aliphatic carbocycles. The lowest BCUT2D eigenvalue weighted by Crippen LogP contribution is -2.49. The third-order valence-electron chi connectivity index (χ3n) is 3.93. The van der Waals surface area contributed by atoms with Gasteiger partial charge in [0.2, 0.25) is 15.9 Å². The predicted octanol–water partition coefficient (Wildman–Crippen LogP) is 0.713. The third kappa shape index (κ3) is 5.42. The second kappa shape index (κ2) is 9.19. The number of sulfonamides is 1. The first-order chi connectivity index (χ1) is 13.0. The molecular weight excluding hydrogens is 435 g/mol. The van der Waals surface area contributed by atoms with Gasteiger partial charge in [-0.05, 0) is 31.5 Å². The van der Waals surface area contributed by atoms with Crippen LogP contribution < -0.4 is 4.72 Å². The molecule has 2 atom stereocenters. The molecule has 28 heavy (non-hydrogen) atoms. The summed E-state index contributed by atoms with van der Waals surface area (Å²) in [6.07, 6.45) is -0.703. The summed E-state index contributed by atoms with van der Waals surface area (Å²) in [5, 5.41) is 9.91. The minimum absolute atomic E-state index is 0.0124. The highest BCUT2D eigenvalue weighted by molar-refractivity contribution is 7.89. The Balaban J connectivity index is 2.07. The van der Waals surface area contributed by atoms with Crippen molar-refractivity contribution in [3.8, 4) is 0 Å². The molecule has 0 aromatic heterocycles. The minimum atomic E-state index is -4.26. The molecule has 2 rings (SSSR count). The number of benzene rings is 1. The molecule has 2 unspecified atom stereocenters. The quantitative estimate of drug-likeness (QED) is 0.582. The van der Waals surface area contributed by atoms with Gasteiger partial charge in [-0.2, -0.15) is 4.72 Å². The Morgan fingerprint density at radius 2 is 2.00 bits per heavy atom. The lowest BCUT2D eigenvalue weighted by molar-refractivity contribution is -0.157. The maximum Gasteiger partial charge on any atom is 0.327 e. The smallest absolute Gasteiger partial charge is 0.327 e. The summed E-state index contributed by atoms with van der Waals surface area (Å²) >= 11 is 11.6. The van der Waals surface area contributed by atoms with Crippen molar-refractivity contribution in [3.05, 3.63) is 28.2 Å². The van der Waals surface area contributed by atoms with Crippen molar-refractivity contribution in [2.24, 2.45) is 0 Å². The number of esters is 1. The molecular formula is C16H18Cl2N2O7S. The normalized spacial score (nSPS) is 16.7. The first-order valence-electron chi connectivity index (χ1n) is 8.18. The van der Waals surface area contributed by atoms with Gasteiger partial charge in [0.15, 0.2) is 6.61 Å². The summed E-state index contributed by atoms with van der Waals surface area (Å²) in [7, 11) is -4.26. The number of nitrogens with zero attached hydrogens (tertiary/aromatic N) is 1. The number of halogens is 2. The monoisotopic (exact) mass is 452 g/mol. The van der Waals surface area contributed by atoms with Gasteiger partial charge in [-0.3, -0.25) is 19.3 Å². The van der Waals surface area contributed by atoms with E-state index in [1.807, 2.05) is 4.72 Å². The Labute approximate surface area is 171 Å². The van der Waals surface area contributed by atoms with Gasteiger partial charge < -0.3 is 9.84 Å². The Morgan fingerprint density at radius 1 is 1.32 bits per heavy atom. The number of carbonyl (C=O) groups excluding carboxylic acids is 3. The van der Waals surface area contributed by atoms with E-state index in [1.54, 1.807) is 0 Å². The molecule has 1 heterocycles. The molecule has 1 aromatic rings. The van der Waals surface area contributed by atoms with Crippen LogP contribution in [0.15, 0.2) is 23.1 Å². The predicted molar refractivity (Wildman–Crippen MR) is 99.2 cm³/mol. The van der Waals surface area contributed by atoms with Crippen LogP contribution in [0.3, 0.4) is 0 Å². The summed E-state index contributed by atoms with van der Waals surface area (Å²) in [5.41, 5.74) is 0. The van der Waals surface area contributed by atoms with E-state index in [-0.39, 0.29) is 33.8 Å². The summed E-state index contributed by atoms with van der Waals surface area (Å²) in [5.74, 6) is -2.25. The number of hydrogen-bond acceptors (Lipinski definition) is 7. The van der Waals surface area contributed by atoms with Crippen molar-refractivity contribution < 1.29 is 32.6 Å². The van der Waals surface area contributed by atoms with E-state index >= 15 is 0 Å². The molecule has 0 radical (unpaired) electrons. The molecule has 1 saturated heterocycles. The summed E-state index contributed by atoms with van der Waals surface area (Å²) in [6.45, 7) is 0.663. The van der Waals surface area contributed by atoms with Gasteiger partial charge >= 0.3 is 5.97 Å². The summed E-state index contributed by atoms with van der Waals surface area (Å²) < 4.78 is 31.7. The maximum absolute atomic E-state index is 12.5. The standard InChI is InChI=1S/C16H18Cl2N2O7S/c1-9(21)15(16(24)27-8-14(23)20-6-2-3-13(20)22)19-28(25,26)10-4-5-11(17)12(18)7-10/h4-5,7,9,15,19,21H,2-3,6,8H2,1H3. The van der Waals surface area contributed by atoms with Crippen LogP contribution in [0.4, 0.5) is 0 Å². The van der Waals surface area contributed by atoms with Crippen LogP contribution in [0, 0.1) is 0 Å². The number of carbonyl (C=O) groups is 3. The number of ether oxygens (including phenoxy) is 1. The van der Waals surface area contributed by atoms with Crippen molar-refractivity contribution in [3.63, 3.8) is 0 Å². The van der Waals surface area contributed by atoms with Crippen molar-refractivity contribution >= 4 is 51.0 Å². The molecule has 1 aromatic carbocycles.